The molecule has 0 saturated heterocycles. The normalized spacial score (nSPS) is 16.7. The third-order valence-electron chi connectivity index (χ3n) is 2.60. The van der Waals surface area contributed by atoms with E-state index in [0.29, 0.717) is 0 Å². The first-order valence-electron chi connectivity index (χ1n) is 4.87. The Morgan fingerprint density at radius 3 is 2.92 bits per heavy atom. The smallest absolute Gasteiger partial charge is 0.129 e. The van der Waals surface area contributed by atoms with E-state index in [1.54, 1.807) is 6.33 Å². The minimum absolute atomic E-state index is 0.871. The SMILES string of the molecule is Cc1cc(NCC2CCC2)ncn1. The van der Waals surface area contributed by atoms with Crippen LogP contribution >= 0.6 is 0 Å². The Balaban J connectivity index is 1.86. The van der Waals surface area contributed by atoms with Gasteiger partial charge in [-0.1, -0.05) is 6.42 Å². The molecule has 1 N–H and O–H groups in total. The first-order valence-corrected chi connectivity index (χ1v) is 4.87. The van der Waals surface area contributed by atoms with Crippen molar-refractivity contribution >= 4 is 5.82 Å². The molecule has 0 unspecified atom stereocenters. The zero-order valence-corrected chi connectivity index (χ0v) is 7.95. The Morgan fingerprint density at radius 2 is 2.31 bits per heavy atom. The fourth-order valence-electron chi connectivity index (χ4n) is 1.50. The lowest BCUT2D eigenvalue weighted by atomic mass is 9.85. The third kappa shape index (κ3) is 2.17. The number of nitrogens with zero attached hydrogens (tertiary/aromatic N) is 2. The minimum atomic E-state index is 0.871. The topological polar surface area (TPSA) is 37.8 Å². The first-order chi connectivity index (χ1) is 6.34. The van der Waals surface area contributed by atoms with Crippen LogP contribution in [0.1, 0.15) is 25.0 Å². The van der Waals surface area contributed by atoms with Crippen LogP contribution in [0.4, 0.5) is 5.82 Å². The Hall–Kier alpha value is -1.12. The molecule has 3 nitrogen and oxygen atoms in total. The second-order valence-corrected chi connectivity index (χ2v) is 3.72. The van der Waals surface area contributed by atoms with Crippen LogP contribution in [0, 0.1) is 12.8 Å². The van der Waals surface area contributed by atoms with Gasteiger partial charge in [0.05, 0.1) is 0 Å². The number of hydrogen-bond acceptors (Lipinski definition) is 3. The van der Waals surface area contributed by atoms with Crippen molar-refractivity contribution in [2.75, 3.05) is 11.9 Å². The van der Waals surface area contributed by atoms with Crippen molar-refractivity contribution in [2.45, 2.75) is 26.2 Å². The van der Waals surface area contributed by atoms with Crippen molar-refractivity contribution in [3.8, 4) is 0 Å². The molecule has 0 amide bonds. The molecule has 13 heavy (non-hydrogen) atoms. The van der Waals surface area contributed by atoms with Crippen molar-refractivity contribution in [2.24, 2.45) is 5.92 Å². The second kappa shape index (κ2) is 3.73. The number of aryl methyl sites for hydroxylation is 1. The number of hydrogen-bond donors (Lipinski definition) is 1. The quantitative estimate of drug-likeness (QED) is 0.767. The maximum atomic E-state index is 4.15. The lowest BCUT2D eigenvalue weighted by Gasteiger charge is -2.25. The van der Waals surface area contributed by atoms with Crippen LogP contribution in [0.2, 0.25) is 0 Å². The summed E-state index contributed by atoms with van der Waals surface area (Å²) in [5, 5.41) is 3.34. The summed E-state index contributed by atoms with van der Waals surface area (Å²) in [6.45, 7) is 3.05. The summed E-state index contributed by atoms with van der Waals surface area (Å²) < 4.78 is 0. The standard InChI is InChI=1S/C10H15N3/c1-8-5-10(13-7-12-8)11-6-9-3-2-4-9/h5,7,9H,2-4,6H2,1H3,(H,11,12,13). The second-order valence-electron chi connectivity index (χ2n) is 3.72. The molecule has 0 spiro atoms. The largest absolute Gasteiger partial charge is 0.370 e. The number of aromatic nitrogens is 2. The van der Waals surface area contributed by atoms with Gasteiger partial charge in [0.1, 0.15) is 12.1 Å². The zero-order chi connectivity index (χ0) is 9.10. The molecule has 0 atom stereocenters. The zero-order valence-electron chi connectivity index (χ0n) is 7.95. The van der Waals surface area contributed by atoms with Gasteiger partial charge in [-0.05, 0) is 25.7 Å². The minimum Gasteiger partial charge on any atom is -0.370 e. The first kappa shape index (κ1) is 8.48. The molecule has 1 aliphatic carbocycles. The lowest BCUT2D eigenvalue weighted by molar-refractivity contribution is 0.333. The van der Waals surface area contributed by atoms with Gasteiger partial charge in [-0.2, -0.15) is 0 Å². The van der Waals surface area contributed by atoms with Crippen LogP contribution in [0.3, 0.4) is 0 Å². The molecule has 0 bridgehead atoms. The van der Waals surface area contributed by atoms with Crippen molar-refractivity contribution in [3.05, 3.63) is 18.1 Å². The van der Waals surface area contributed by atoms with E-state index in [4.69, 9.17) is 0 Å². The van der Waals surface area contributed by atoms with Crippen LogP contribution in [-0.2, 0) is 0 Å². The van der Waals surface area contributed by atoms with Crippen LogP contribution in [0.25, 0.3) is 0 Å². The van der Waals surface area contributed by atoms with E-state index in [1.165, 1.54) is 19.3 Å². The van der Waals surface area contributed by atoms with E-state index in [1.807, 2.05) is 13.0 Å². The summed E-state index contributed by atoms with van der Waals surface area (Å²) in [6.07, 6.45) is 5.75. The molecule has 1 aromatic heterocycles. The Kier molecular flexibility index (Phi) is 2.43. The van der Waals surface area contributed by atoms with Gasteiger partial charge in [-0.15, -0.1) is 0 Å². The summed E-state index contributed by atoms with van der Waals surface area (Å²) in [5.41, 5.74) is 1.02. The van der Waals surface area contributed by atoms with Crippen molar-refractivity contribution < 1.29 is 0 Å². The van der Waals surface area contributed by atoms with Crippen LogP contribution in [0.5, 0.6) is 0 Å². The fourth-order valence-corrected chi connectivity index (χ4v) is 1.50. The molecule has 3 heteroatoms. The third-order valence-corrected chi connectivity index (χ3v) is 2.60. The molecule has 0 aromatic carbocycles. The Morgan fingerprint density at radius 1 is 1.46 bits per heavy atom. The highest BCUT2D eigenvalue weighted by atomic mass is 15.0. The lowest BCUT2D eigenvalue weighted by Crippen LogP contribution is -2.21. The van der Waals surface area contributed by atoms with Gasteiger partial charge in [0.15, 0.2) is 0 Å². The predicted molar refractivity (Wildman–Crippen MR) is 52.6 cm³/mol. The fraction of sp³-hybridized carbons (Fsp3) is 0.600. The van der Waals surface area contributed by atoms with E-state index < -0.39 is 0 Å². The highest BCUT2D eigenvalue weighted by molar-refractivity contribution is 5.34. The maximum absolute atomic E-state index is 4.15. The summed E-state index contributed by atoms with van der Waals surface area (Å²) in [5.74, 6) is 1.83. The molecular formula is C10H15N3. The Bertz CT molecular complexity index is 281. The van der Waals surface area contributed by atoms with Gasteiger partial charge in [0.2, 0.25) is 0 Å². The molecule has 0 aliphatic heterocycles. The van der Waals surface area contributed by atoms with Gasteiger partial charge >= 0.3 is 0 Å². The van der Waals surface area contributed by atoms with E-state index in [9.17, 15) is 0 Å². The molecule has 1 fully saturated rings. The van der Waals surface area contributed by atoms with Crippen LogP contribution in [-0.4, -0.2) is 16.5 Å². The summed E-state index contributed by atoms with van der Waals surface area (Å²) in [4.78, 5) is 8.20. The molecular weight excluding hydrogens is 162 g/mol. The summed E-state index contributed by atoms with van der Waals surface area (Å²) in [6, 6.07) is 1.98. The average molecular weight is 177 g/mol. The number of anilines is 1. The molecule has 2 rings (SSSR count). The monoisotopic (exact) mass is 177 g/mol. The van der Waals surface area contributed by atoms with Crippen molar-refractivity contribution in [1.29, 1.82) is 0 Å². The number of nitrogens with one attached hydrogen (secondary N) is 1. The van der Waals surface area contributed by atoms with Gasteiger partial charge in [0, 0.05) is 18.3 Å². The molecule has 70 valence electrons. The molecule has 1 saturated carbocycles. The summed E-state index contributed by atoms with van der Waals surface area (Å²) in [7, 11) is 0. The van der Waals surface area contributed by atoms with Gasteiger partial charge in [-0.25, -0.2) is 9.97 Å². The molecule has 0 radical (unpaired) electrons. The molecule has 1 heterocycles. The van der Waals surface area contributed by atoms with E-state index >= 15 is 0 Å². The van der Waals surface area contributed by atoms with Gasteiger partial charge in [0.25, 0.3) is 0 Å². The van der Waals surface area contributed by atoms with Gasteiger partial charge < -0.3 is 5.32 Å². The molecule has 1 aliphatic rings. The van der Waals surface area contributed by atoms with E-state index in [0.717, 1.165) is 24.0 Å². The summed E-state index contributed by atoms with van der Waals surface area (Å²) >= 11 is 0. The number of rotatable bonds is 3. The van der Waals surface area contributed by atoms with Crippen molar-refractivity contribution in [1.82, 2.24) is 9.97 Å². The van der Waals surface area contributed by atoms with Crippen molar-refractivity contribution in [3.63, 3.8) is 0 Å². The predicted octanol–water partition coefficient (Wildman–Crippen LogP) is 2.00. The van der Waals surface area contributed by atoms with E-state index in [-0.39, 0.29) is 0 Å². The van der Waals surface area contributed by atoms with E-state index in [2.05, 4.69) is 15.3 Å². The highest BCUT2D eigenvalue weighted by Crippen LogP contribution is 2.26. The van der Waals surface area contributed by atoms with Crippen LogP contribution in [0.15, 0.2) is 12.4 Å². The molecule has 1 aromatic rings. The average Bonchev–Trinajstić information content (AvgIpc) is 2.01. The Labute approximate surface area is 78.6 Å². The van der Waals surface area contributed by atoms with Gasteiger partial charge in [-0.3, -0.25) is 0 Å². The highest BCUT2D eigenvalue weighted by Gasteiger charge is 2.16. The maximum Gasteiger partial charge on any atom is 0.129 e. The van der Waals surface area contributed by atoms with Crippen LogP contribution < -0.4 is 5.32 Å².